The molecule has 0 radical (unpaired) electrons. The van der Waals surface area contributed by atoms with Gasteiger partial charge < -0.3 is 4.90 Å². The van der Waals surface area contributed by atoms with E-state index in [9.17, 15) is 22.4 Å². The minimum Gasteiger partial charge on any atom is -0.332 e. The predicted octanol–water partition coefficient (Wildman–Crippen LogP) is 5.05. The van der Waals surface area contributed by atoms with Gasteiger partial charge >= 0.3 is 6.18 Å². The summed E-state index contributed by atoms with van der Waals surface area (Å²) >= 11 is 0. The topological polar surface area (TPSA) is 20.3 Å². The van der Waals surface area contributed by atoms with Crippen LogP contribution in [0.2, 0.25) is 0 Å². The number of alkyl halides is 3. The third-order valence-corrected chi connectivity index (χ3v) is 4.19. The first-order valence-corrected chi connectivity index (χ1v) is 8.23. The molecule has 0 atom stereocenters. The molecule has 0 N–H and O–H groups in total. The van der Waals surface area contributed by atoms with Crippen LogP contribution in [0, 0.1) is 5.82 Å². The van der Waals surface area contributed by atoms with Gasteiger partial charge in [0.25, 0.3) is 0 Å². The highest BCUT2D eigenvalue weighted by molar-refractivity contribution is 5.92. The number of halogens is 4. The third kappa shape index (κ3) is 4.71. The average Bonchev–Trinajstić information content (AvgIpc) is 3.43. The molecule has 2 aromatic rings. The summed E-state index contributed by atoms with van der Waals surface area (Å²) in [6, 6.07) is 10.8. The van der Waals surface area contributed by atoms with Crippen molar-refractivity contribution in [1.29, 1.82) is 0 Å². The Hall–Kier alpha value is -2.63. The second-order valence-corrected chi connectivity index (χ2v) is 6.28. The van der Waals surface area contributed by atoms with E-state index in [4.69, 9.17) is 0 Å². The van der Waals surface area contributed by atoms with Gasteiger partial charge in [0, 0.05) is 18.7 Å². The minimum atomic E-state index is -4.38. The van der Waals surface area contributed by atoms with Gasteiger partial charge in [-0.15, -0.1) is 0 Å². The average molecular weight is 363 g/mol. The van der Waals surface area contributed by atoms with E-state index in [0.717, 1.165) is 30.5 Å². The van der Waals surface area contributed by atoms with Gasteiger partial charge in [0.15, 0.2) is 0 Å². The second-order valence-electron chi connectivity index (χ2n) is 6.28. The zero-order valence-electron chi connectivity index (χ0n) is 13.8. The van der Waals surface area contributed by atoms with Crippen LogP contribution in [-0.2, 0) is 17.5 Å². The number of benzene rings is 2. The molecular formula is C20H17F4NO. The fraction of sp³-hybridized carbons (Fsp3) is 0.250. The van der Waals surface area contributed by atoms with Crippen molar-refractivity contribution in [1.82, 2.24) is 4.90 Å². The SMILES string of the molecule is O=C(/C=C/c1ccc(C(F)(F)F)cc1)N(Cc1ccc(F)cc1)C1CC1. The van der Waals surface area contributed by atoms with E-state index in [0.29, 0.717) is 12.1 Å². The molecule has 0 bridgehead atoms. The highest BCUT2D eigenvalue weighted by Gasteiger charge is 2.32. The second kappa shape index (κ2) is 7.32. The molecule has 136 valence electrons. The number of rotatable bonds is 5. The molecule has 2 nitrogen and oxygen atoms in total. The molecule has 1 aliphatic carbocycles. The van der Waals surface area contributed by atoms with Gasteiger partial charge in [-0.05, 0) is 54.3 Å². The maximum absolute atomic E-state index is 13.0. The molecule has 1 saturated carbocycles. The molecule has 0 heterocycles. The molecule has 2 aromatic carbocycles. The lowest BCUT2D eigenvalue weighted by Crippen LogP contribution is -2.31. The van der Waals surface area contributed by atoms with Crippen molar-refractivity contribution in [3.8, 4) is 0 Å². The number of hydrogen-bond acceptors (Lipinski definition) is 1. The molecule has 3 rings (SSSR count). The first kappa shape index (κ1) is 18.2. The van der Waals surface area contributed by atoms with Gasteiger partial charge in [0.1, 0.15) is 5.82 Å². The summed E-state index contributed by atoms with van der Waals surface area (Å²) in [6.45, 7) is 0.376. The lowest BCUT2D eigenvalue weighted by atomic mass is 10.1. The zero-order chi connectivity index (χ0) is 18.7. The van der Waals surface area contributed by atoms with Crippen molar-refractivity contribution < 1.29 is 22.4 Å². The van der Waals surface area contributed by atoms with Crippen molar-refractivity contribution in [2.75, 3.05) is 0 Å². The lowest BCUT2D eigenvalue weighted by Gasteiger charge is -2.21. The summed E-state index contributed by atoms with van der Waals surface area (Å²) < 4.78 is 50.7. The normalized spacial score (nSPS) is 14.6. The Labute approximate surface area is 148 Å². The van der Waals surface area contributed by atoms with Gasteiger partial charge in [0.2, 0.25) is 5.91 Å². The smallest absolute Gasteiger partial charge is 0.332 e. The van der Waals surface area contributed by atoms with Crippen molar-refractivity contribution in [2.24, 2.45) is 0 Å². The van der Waals surface area contributed by atoms with E-state index < -0.39 is 11.7 Å². The highest BCUT2D eigenvalue weighted by atomic mass is 19.4. The molecule has 1 aliphatic rings. The Morgan fingerprint density at radius 3 is 2.19 bits per heavy atom. The van der Waals surface area contributed by atoms with Crippen LogP contribution in [0.5, 0.6) is 0 Å². The largest absolute Gasteiger partial charge is 0.416 e. The summed E-state index contributed by atoms with van der Waals surface area (Å²) in [7, 11) is 0. The maximum atomic E-state index is 13.0. The third-order valence-electron chi connectivity index (χ3n) is 4.19. The summed E-state index contributed by atoms with van der Waals surface area (Å²) in [5.41, 5.74) is 0.621. The van der Waals surface area contributed by atoms with Crippen molar-refractivity contribution in [2.45, 2.75) is 31.6 Å². The van der Waals surface area contributed by atoms with E-state index >= 15 is 0 Å². The van der Waals surface area contributed by atoms with Crippen molar-refractivity contribution >= 4 is 12.0 Å². The summed E-state index contributed by atoms with van der Waals surface area (Å²) in [5, 5.41) is 0. The van der Waals surface area contributed by atoms with E-state index in [1.165, 1.54) is 36.4 Å². The van der Waals surface area contributed by atoms with Gasteiger partial charge in [-0.25, -0.2) is 4.39 Å². The monoisotopic (exact) mass is 363 g/mol. The molecule has 6 heteroatoms. The van der Waals surface area contributed by atoms with Crippen molar-refractivity contribution in [3.63, 3.8) is 0 Å². The quantitative estimate of drug-likeness (QED) is 0.538. The first-order chi connectivity index (χ1) is 12.3. The van der Waals surface area contributed by atoms with E-state index in [2.05, 4.69) is 0 Å². The van der Waals surface area contributed by atoms with Crippen molar-refractivity contribution in [3.05, 3.63) is 77.1 Å². The Morgan fingerprint density at radius 1 is 1.04 bits per heavy atom. The van der Waals surface area contributed by atoms with E-state index in [1.807, 2.05) is 0 Å². The van der Waals surface area contributed by atoms with Crippen LogP contribution in [0.4, 0.5) is 17.6 Å². The van der Waals surface area contributed by atoms with Crippen LogP contribution in [0.25, 0.3) is 6.08 Å². The number of nitrogens with zero attached hydrogens (tertiary/aromatic N) is 1. The van der Waals surface area contributed by atoms with Crippen LogP contribution in [-0.4, -0.2) is 16.8 Å². The van der Waals surface area contributed by atoms with Crippen LogP contribution in [0.1, 0.15) is 29.5 Å². The molecule has 1 amide bonds. The lowest BCUT2D eigenvalue weighted by molar-refractivity contribution is -0.137. The standard InChI is InChI=1S/C20H17F4NO/c21-17-8-3-15(4-9-17)13-25(18-10-11-18)19(26)12-5-14-1-6-16(7-2-14)20(22,23)24/h1-9,12,18H,10-11,13H2/b12-5+. The summed E-state index contributed by atoms with van der Waals surface area (Å²) in [5.74, 6) is -0.544. The van der Waals surface area contributed by atoms with Crippen LogP contribution in [0.3, 0.4) is 0 Å². The fourth-order valence-electron chi connectivity index (χ4n) is 2.61. The molecule has 0 saturated heterocycles. The molecule has 1 fully saturated rings. The fourth-order valence-corrected chi connectivity index (χ4v) is 2.61. The Balaban J connectivity index is 1.68. The number of carbonyl (C=O) groups excluding carboxylic acids is 1. The molecule has 0 spiro atoms. The van der Waals surface area contributed by atoms with Gasteiger partial charge in [0.05, 0.1) is 5.56 Å². The van der Waals surface area contributed by atoms with Gasteiger partial charge in [-0.2, -0.15) is 13.2 Å². The number of hydrogen-bond donors (Lipinski definition) is 0. The maximum Gasteiger partial charge on any atom is 0.416 e. The minimum absolute atomic E-state index is 0.157. The van der Waals surface area contributed by atoms with Crippen LogP contribution >= 0.6 is 0 Å². The molecule has 0 aliphatic heterocycles. The molecule has 0 unspecified atom stereocenters. The number of amides is 1. The summed E-state index contributed by atoms with van der Waals surface area (Å²) in [6.07, 6.45) is 0.324. The van der Waals surface area contributed by atoms with E-state index in [1.54, 1.807) is 17.0 Å². The van der Waals surface area contributed by atoms with Crippen LogP contribution < -0.4 is 0 Å². The Morgan fingerprint density at radius 2 is 1.65 bits per heavy atom. The molecule has 26 heavy (non-hydrogen) atoms. The van der Waals surface area contributed by atoms with Crippen LogP contribution in [0.15, 0.2) is 54.6 Å². The van der Waals surface area contributed by atoms with Gasteiger partial charge in [-0.3, -0.25) is 4.79 Å². The highest BCUT2D eigenvalue weighted by Crippen LogP contribution is 2.30. The molecular weight excluding hydrogens is 346 g/mol. The first-order valence-electron chi connectivity index (χ1n) is 8.23. The zero-order valence-corrected chi connectivity index (χ0v) is 13.8. The number of carbonyl (C=O) groups is 1. The Bertz CT molecular complexity index is 790. The van der Waals surface area contributed by atoms with Gasteiger partial charge in [-0.1, -0.05) is 24.3 Å². The predicted molar refractivity (Wildman–Crippen MR) is 90.5 cm³/mol. The van der Waals surface area contributed by atoms with E-state index in [-0.39, 0.29) is 17.8 Å². The molecule has 0 aromatic heterocycles. The Kier molecular flexibility index (Phi) is 5.11. The summed E-state index contributed by atoms with van der Waals surface area (Å²) in [4.78, 5) is 14.2.